The van der Waals surface area contributed by atoms with Gasteiger partial charge in [0.25, 0.3) is 0 Å². The van der Waals surface area contributed by atoms with E-state index in [0.717, 1.165) is 49.9 Å². The van der Waals surface area contributed by atoms with E-state index in [0.29, 0.717) is 33.8 Å². The summed E-state index contributed by atoms with van der Waals surface area (Å²) in [6.07, 6.45) is 6.25. The van der Waals surface area contributed by atoms with Crippen LogP contribution in [0.2, 0.25) is 0 Å². The molecule has 0 aliphatic heterocycles. The van der Waals surface area contributed by atoms with Crippen molar-refractivity contribution in [1.29, 1.82) is 0 Å². The van der Waals surface area contributed by atoms with Gasteiger partial charge in [-0.15, -0.1) is 11.3 Å². The number of thiophene rings is 1. The summed E-state index contributed by atoms with van der Waals surface area (Å²) in [6.45, 7) is 0. The molecule has 6 N–H and O–H groups in total. The zero-order valence-electron chi connectivity index (χ0n) is 30.1. The highest BCUT2D eigenvalue weighted by Crippen LogP contribution is 2.57. The minimum absolute atomic E-state index is 0.0133. The molecule has 1 atom stereocenters. The molecule has 0 spiro atoms. The Kier molecular flexibility index (Phi) is 8.32. The number of hydrogen-bond acceptors (Lipinski definition) is 9. The summed E-state index contributed by atoms with van der Waals surface area (Å²) >= 11 is 1.02. The Morgan fingerprint density at radius 1 is 0.679 bits per heavy atom. The maximum atomic E-state index is 11.5. The van der Waals surface area contributed by atoms with Gasteiger partial charge in [0.1, 0.15) is 24.8 Å². The summed E-state index contributed by atoms with van der Waals surface area (Å²) in [5.41, 5.74) is 6.59. The number of aliphatic imine (C=N–C) groups is 2. The third kappa shape index (κ3) is 5.46. The van der Waals surface area contributed by atoms with Gasteiger partial charge in [-0.1, -0.05) is 91.0 Å². The number of fused-ring (bicyclic) bond motifs is 6. The minimum Gasteiger partial charge on any atom is -0.507 e. The topological polar surface area (TPSA) is 159 Å². The quantitative estimate of drug-likeness (QED) is 0.0337. The first-order chi connectivity index (χ1) is 27.1. The van der Waals surface area contributed by atoms with Gasteiger partial charge in [0.15, 0.2) is 28.8 Å². The van der Waals surface area contributed by atoms with Gasteiger partial charge >= 0.3 is 0 Å². The molecule has 2 aromatic heterocycles. The van der Waals surface area contributed by atoms with E-state index in [1.807, 2.05) is 109 Å². The number of allylic oxidation sites excluding steroid dienone is 4. The van der Waals surface area contributed by atoms with Crippen LogP contribution in [-0.4, -0.2) is 57.1 Å². The van der Waals surface area contributed by atoms with Gasteiger partial charge in [-0.2, -0.15) is 0 Å². The normalized spacial score (nSPS) is 15.0. The van der Waals surface area contributed by atoms with Crippen molar-refractivity contribution < 1.29 is 35.1 Å². The molecule has 8 aromatic rings. The van der Waals surface area contributed by atoms with E-state index in [1.165, 1.54) is 7.85 Å². The monoisotopic (exact) mass is 756 g/mol. The molecular formula is C45H33BN2O7S. The number of benzene rings is 6. The number of hydrogen-bond donors (Lipinski definition) is 6. The predicted octanol–water partition coefficient (Wildman–Crippen LogP) is 8.64. The molecule has 6 aromatic carbocycles. The van der Waals surface area contributed by atoms with E-state index < -0.39 is 28.7 Å². The highest BCUT2D eigenvalue weighted by Gasteiger charge is 2.30. The molecule has 0 radical (unpaired) electrons. The van der Waals surface area contributed by atoms with Gasteiger partial charge in [-0.3, -0.25) is 4.99 Å². The Labute approximate surface area is 324 Å². The molecule has 0 saturated heterocycles. The standard InChI is InChI=1S/C45H33BN2O7S/c1-47-45(27-17-18-29-28-15-5-6-16-30(28)55-31(29)21-27)48-36(25-13-7-11-23(19-25)22-9-3-2-4-10-22)26-14-8-12-24(20-26)32-37(49)42(54)39(51)33-34-38(50)40(52)35(46)41(53)44(34)56-43(32)33/h2-13,15-21,26,49-54H,14,46H2,1H3/b47-45-,48-36-. The van der Waals surface area contributed by atoms with Crippen molar-refractivity contribution in [2.45, 2.75) is 6.42 Å². The average molecular weight is 757 g/mol. The number of amidine groups is 1. The first-order valence-electron chi connectivity index (χ1n) is 17.9. The number of aromatic hydroxyl groups is 6. The maximum absolute atomic E-state index is 11.5. The lowest BCUT2D eigenvalue weighted by Gasteiger charge is -2.22. The van der Waals surface area contributed by atoms with E-state index in [2.05, 4.69) is 11.1 Å². The van der Waals surface area contributed by atoms with E-state index >= 15 is 0 Å². The number of furan rings is 1. The number of nitrogens with zero attached hydrogens (tertiary/aromatic N) is 2. The zero-order chi connectivity index (χ0) is 38.8. The fourth-order valence-electron chi connectivity index (χ4n) is 7.64. The molecule has 1 aliphatic rings. The molecule has 9 nitrogen and oxygen atoms in total. The van der Waals surface area contributed by atoms with Crippen molar-refractivity contribution in [3.8, 4) is 45.6 Å². The van der Waals surface area contributed by atoms with Gasteiger partial charge in [0.2, 0.25) is 5.75 Å². The molecule has 1 unspecified atom stereocenters. The first kappa shape index (κ1) is 34.8. The Hall–Kier alpha value is -6.98. The molecule has 2 heterocycles. The minimum atomic E-state index is -0.798. The van der Waals surface area contributed by atoms with Crippen molar-refractivity contribution in [2.24, 2.45) is 15.9 Å². The second-order valence-electron chi connectivity index (χ2n) is 13.8. The van der Waals surface area contributed by atoms with Crippen LogP contribution in [0.3, 0.4) is 0 Å². The van der Waals surface area contributed by atoms with Crippen molar-refractivity contribution in [2.75, 3.05) is 7.05 Å². The van der Waals surface area contributed by atoms with Crippen molar-refractivity contribution in [3.63, 3.8) is 0 Å². The van der Waals surface area contributed by atoms with Crippen molar-refractivity contribution in [1.82, 2.24) is 0 Å². The Morgan fingerprint density at radius 3 is 2.20 bits per heavy atom. The third-order valence-electron chi connectivity index (χ3n) is 10.5. The van der Waals surface area contributed by atoms with Crippen LogP contribution >= 0.6 is 11.3 Å². The molecule has 0 bridgehead atoms. The molecular weight excluding hydrogens is 723 g/mol. The molecule has 0 saturated carbocycles. The SMILES string of the molecule is Bc1c(O)c(O)c2c(sc3c(C4=CC(/C(=N\C(=N/C)c5ccc6c(c5)oc5ccccc56)c5cccc(-c6ccccc6)c5)CC=C4)c(O)c(O)c(O)c32)c1O. The second kappa shape index (κ2) is 13.4. The van der Waals surface area contributed by atoms with Gasteiger partial charge < -0.3 is 35.1 Å². The summed E-state index contributed by atoms with van der Waals surface area (Å²) in [5.74, 6) is -3.34. The molecule has 9 rings (SSSR count). The largest absolute Gasteiger partial charge is 0.507 e. The molecule has 1 aliphatic carbocycles. The summed E-state index contributed by atoms with van der Waals surface area (Å²) in [6, 6.07) is 32.0. The van der Waals surface area contributed by atoms with Crippen LogP contribution in [0.4, 0.5) is 0 Å². The van der Waals surface area contributed by atoms with Crippen LogP contribution < -0.4 is 5.46 Å². The first-order valence-corrected chi connectivity index (χ1v) is 18.7. The van der Waals surface area contributed by atoms with Gasteiger partial charge in [0.05, 0.1) is 25.9 Å². The fourth-order valence-corrected chi connectivity index (χ4v) is 9.01. The second-order valence-corrected chi connectivity index (χ2v) is 14.8. The van der Waals surface area contributed by atoms with Gasteiger partial charge in [-0.05, 0) is 58.4 Å². The maximum Gasteiger partial charge on any atom is 0.201 e. The lowest BCUT2D eigenvalue weighted by molar-refractivity contribution is 0.371. The van der Waals surface area contributed by atoms with Crippen molar-refractivity contribution in [3.05, 3.63) is 132 Å². The van der Waals surface area contributed by atoms with Crippen LogP contribution in [-0.2, 0) is 0 Å². The summed E-state index contributed by atoms with van der Waals surface area (Å²) in [5, 5.41) is 68.2. The van der Waals surface area contributed by atoms with E-state index in [9.17, 15) is 30.6 Å². The van der Waals surface area contributed by atoms with E-state index in [1.54, 1.807) is 7.05 Å². The molecule has 11 heteroatoms. The summed E-state index contributed by atoms with van der Waals surface area (Å²) in [4.78, 5) is 9.93. The van der Waals surface area contributed by atoms with Crippen LogP contribution in [0.5, 0.6) is 34.5 Å². The predicted molar refractivity (Wildman–Crippen MR) is 227 cm³/mol. The average Bonchev–Trinajstić information content (AvgIpc) is 3.81. The van der Waals surface area contributed by atoms with E-state index in [-0.39, 0.29) is 38.2 Å². The van der Waals surface area contributed by atoms with Gasteiger partial charge in [-0.25, -0.2) is 4.99 Å². The fraction of sp³-hybridized carbons (Fsp3) is 0.0667. The van der Waals surface area contributed by atoms with Crippen LogP contribution in [0.25, 0.3) is 58.8 Å². The summed E-state index contributed by atoms with van der Waals surface area (Å²) < 4.78 is 6.68. The smallest absolute Gasteiger partial charge is 0.201 e. The Morgan fingerprint density at radius 2 is 1.39 bits per heavy atom. The van der Waals surface area contributed by atoms with Crippen LogP contribution in [0.1, 0.15) is 23.1 Å². The lowest BCUT2D eigenvalue weighted by Crippen LogP contribution is -2.18. The number of phenols is 6. The molecule has 274 valence electrons. The number of para-hydroxylation sites is 1. The molecule has 0 amide bonds. The molecule has 0 fully saturated rings. The van der Waals surface area contributed by atoms with E-state index in [4.69, 9.17) is 9.41 Å². The third-order valence-corrected chi connectivity index (χ3v) is 11.7. The summed E-state index contributed by atoms with van der Waals surface area (Å²) in [7, 11) is 3.15. The number of phenolic OH excluding ortho intramolecular Hbond substituents is 6. The Balaban J connectivity index is 1.24. The van der Waals surface area contributed by atoms with Crippen molar-refractivity contribution >= 4 is 83.9 Å². The van der Waals surface area contributed by atoms with Crippen LogP contribution in [0, 0.1) is 5.92 Å². The van der Waals surface area contributed by atoms with Crippen LogP contribution in [0.15, 0.2) is 130 Å². The highest BCUT2D eigenvalue weighted by molar-refractivity contribution is 7.26. The molecule has 56 heavy (non-hydrogen) atoms. The highest BCUT2D eigenvalue weighted by atomic mass is 32.1. The lowest BCUT2D eigenvalue weighted by atomic mass is 9.85. The van der Waals surface area contributed by atoms with Gasteiger partial charge in [0, 0.05) is 34.9 Å². The zero-order valence-corrected chi connectivity index (χ0v) is 31.0. The Bertz CT molecular complexity index is 3050. The number of rotatable bonds is 5.